The number of piperidine rings is 1. The summed E-state index contributed by atoms with van der Waals surface area (Å²) >= 11 is 0. The number of allylic oxidation sites excluding steroid dienone is 1. The van der Waals surface area contributed by atoms with E-state index in [0.29, 0.717) is 13.0 Å². The topological polar surface area (TPSA) is 154 Å². The molecular formula is C36H59N5O7. The summed E-state index contributed by atoms with van der Waals surface area (Å²) in [7, 11) is 1.68. The molecular weight excluding hydrogens is 614 g/mol. The predicted octanol–water partition coefficient (Wildman–Crippen LogP) is 3.73. The van der Waals surface area contributed by atoms with Gasteiger partial charge in [-0.25, -0.2) is 4.79 Å². The van der Waals surface area contributed by atoms with E-state index in [-0.39, 0.29) is 59.9 Å². The normalized spacial score (nSPS) is 23.2. The molecule has 1 saturated heterocycles. The summed E-state index contributed by atoms with van der Waals surface area (Å²) in [6.07, 6.45) is 5.98. The van der Waals surface area contributed by atoms with Gasteiger partial charge >= 0.3 is 6.09 Å². The third kappa shape index (κ3) is 9.59. The number of alkyl carbamates (subject to hydrolysis) is 1. The van der Waals surface area contributed by atoms with Crippen LogP contribution in [0.25, 0.3) is 0 Å². The van der Waals surface area contributed by atoms with Crippen LogP contribution in [0.3, 0.4) is 0 Å². The number of hydrogen-bond donors (Lipinski definition) is 3. The van der Waals surface area contributed by atoms with Crippen molar-refractivity contribution in [3.05, 3.63) is 12.7 Å². The Bertz CT molecular complexity index is 1240. The van der Waals surface area contributed by atoms with E-state index < -0.39 is 47.4 Å². The fourth-order valence-electron chi connectivity index (χ4n) is 7.16. The van der Waals surface area contributed by atoms with E-state index in [0.717, 1.165) is 32.1 Å². The van der Waals surface area contributed by atoms with Crippen molar-refractivity contribution in [2.24, 2.45) is 23.2 Å². The molecule has 1 heterocycles. The molecule has 3 aliphatic rings. The number of carbonyl (C=O) groups excluding carboxylic acids is 6. The van der Waals surface area contributed by atoms with Crippen molar-refractivity contribution in [1.29, 1.82) is 0 Å². The van der Waals surface area contributed by atoms with Crippen LogP contribution in [-0.4, -0.2) is 94.7 Å². The number of ether oxygens (including phenoxy) is 1. The lowest BCUT2D eigenvalue weighted by atomic mass is 9.83. The number of ketones is 1. The minimum Gasteiger partial charge on any atom is -0.444 e. The van der Waals surface area contributed by atoms with Crippen molar-refractivity contribution in [2.75, 3.05) is 20.1 Å². The Kier molecular flexibility index (Phi) is 12.5. The molecule has 0 aromatic carbocycles. The molecule has 270 valence electrons. The first kappa shape index (κ1) is 39.0. The second kappa shape index (κ2) is 15.4. The van der Waals surface area contributed by atoms with Crippen molar-refractivity contribution >= 4 is 35.5 Å². The van der Waals surface area contributed by atoms with Gasteiger partial charge in [0.15, 0.2) is 0 Å². The van der Waals surface area contributed by atoms with Gasteiger partial charge in [-0.15, -0.1) is 6.58 Å². The summed E-state index contributed by atoms with van der Waals surface area (Å²) in [5, 5.41) is 8.18. The fraction of sp³-hybridized carbons (Fsp3) is 0.778. The standard InChI is InChI=1S/C36H59N5O7/c1-11-12-18-24(29(43)31(45)37-20-19-25(42)40(10)34(2,3)4)38-30(44)28-26-23(36(26,8)9)21-41(28)32(46)27(22-16-14-13-15-17-22)39-33(47)48-35(5,6)7/h11,22-24,26-28H,1,12-21H2,2-10H3,(H,37,45)(H,38,44)(H,39,47)/t23?,24-,26+,27+,28+/m1/s1. The van der Waals surface area contributed by atoms with Crippen molar-refractivity contribution in [3.63, 3.8) is 0 Å². The highest BCUT2D eigenvalue weighted by molar-refractivity contribution is 6.38. The zero-order valence-electron chi connectivity index (χ0n) is 30.6. The van der Waals surface area contributed by atoms with Gasteiger partial charge in [-0.1, -0.05) is 39.2 Å². The van der Waals surface area contributed by atoms with Gasteiger partial charge in [0.1, 0.15) is 17.7 Å². The molecule has 0 radical (unpaired) electrons. The summed E-state index contributed by atoms with van der Waals surface area (Å²) in [6.45, 7) is 19.2. The zero-order valence-corrected chi connectivity index (χ0v) is 30.6. The lowest BCUT2D eigenvalue weighted by Crippen LogP contribution is -2.60. The molecule has 0 aromatic heterocycles. The third-order valence-corrected chi connectivity index (χ3v) is 10.3. The molecule has 0 bridgehead atoms. The summed E-state index contributed by atoms with van der Waals surface area (Å²) in [6, 6.07) is -2.85. The molecule has 3 N–H and O–H groups in total. The second-order valence-corrected chi connectivity index (χ2v) is 16.3. The smallest absolute Gasteiger partial charge is 0.408 e. The minimum absolute atomic E-state index is 0.0211. The molecule has 1 aliphatic heterocycles. The van der Waals surface area contributed by atoms with E-state index in [1.165, 1.54) is 0 Å². The van der Waals surface area contributed by atoms with Crippen LogP contribution in [0.2, 0.25) is 0 Å². The average molecular weight is 674 g/mol. The van der Waals surface area contributed by atoms with Crippen LogP contribution in [0.5, 0.6) is 0 Å². The highest BCUT2D eigenvalue weighted by Crippen LogP contribution is 2.65. The van der Waals surface area contributed by atoms with Crippen molar-refractivity contribution in [2.45, 2.75) is 136 Å². The summed E-state index contributed by atoms with van der Waals surface area (Å²) in [5.41, 5.74) is -1.32. The van der Waals surface area contributed by atoms with Crippen LogP contribution in [0.15, 0.2) is 12.7 Å². The summed E-state index contributed by atoms with van der Waals surface area (Å²) in [4.78, 5) is 83.3. The molecule has 12 nitrogen and oxygen atoms in total. The Labute approximate surface area is 286 Å². The number of nitrogens with one attached hydrogen (secondary N) is 3. The maximum absolute atomic E-state index is 14.3. The predicted molar refractivity (Wildman–Crippen MR) is 183 cm³/mol. The molecule has 1 unspecified atom stereocenters. The number of carbonyl (C=O) groups is 6. The van der Waals surface area contributed by atoms with Crippen molar-refractivity contribution < 1.29 is 33.5 Å². The number of rotatable bonds is 13. The van der Waals surface area contributed by atoms with Gasteiger partial charge < -0.3 is 30.5 Å². The molecule has 2 aliphatic carbocycles. The van der Waals surface area contributed by atoms with Gasteiger partial charge in [0, 0.05) is 32.1 Å². The first-order chi connectivity index (χ1) is 22.2. The van der Waals surface area contributed by atoms with Gasteiger partial charge in [-0.05, 0) is 90.4 Å². The van der Waals surface area contributed by atoms with E-state index >= 15 is 0 Å². The van der Waals surface area contributed by atoms with Crippen LogP contribution in [0.1, 0.15) is 107 Å². The van der Waals surface area contributed by atoms with Gasteiger partial charge in [-0.2, -0.15) is 0 Å². The molecule has 12 heteroatoms. The lowest BCUT2D eigenvalue weighted by molar-refractivity contribution is -0.145. The minimum atomic E-state index is -1.14. The molecule has 48 heavy (non-hydrogen) atoms. The van der Waals surface area contributed by atoms with Crippen LogP contribution < -0.4 is 16.0 Å². The number of nitrogens with zero attached hydrogens (tertiary/aromatic N) is 2. The number of amides is 5. The maximum atomic E-state index is 14.3. The Balaban J connectivity index is 1.77. The van der Waals surface area contributed by atoms with E-state index in [2.05, 4.69) is 36.4 Å². The Morgan fingerprint density at radius 1 is 1.00 bits per heavy atom. The zero-order chi connectivity index (χ0) is 36.2. The first-order valence-electron chi connectivity index (χ1n) is 17.5. The Morgan fingerprint density at radius 2 is 1.62 bits per heavy atom. The summed E-state index contributed by atoms with van der Waals surface area (Å²) in [5.74, 6) is -2.86. The number of Topliss-reactive ketones (excluding diaryl/α,β-unsaturated/α-hetero) is 1. The molecule has 3 fully saturated rings. The summed E-state index contributed by atoms with van der Waals surface area (Å²) < 4.78 is 5.51. The van der Waals surface area contributed by atoms with E-state index in [1.54, 1.807) is 43.7 Å². The molecule has 0 spiro atoms. The van der Waals surface area contributed by atoms with E-state index in [4.69, 9.17) is 4.74 Å². The van der Waals surface area contributed by atoms with Crippen LogP contribution >= 0.6 is 0 Å². The Hall–Kier alpha value is -3.44. The quantitative estimate of drug-likeness (QED) is 0.199. The highest BCUT2D eigenvalue weighted by Gasteiger charge is 2.69. The second-order valence-electron chi connectivity index (χ2n) is 16.3. The number of likely N-dealkylation sites (tertiary alicyclic amines) is 1. The van der Waals surface area contributed by atoms with E-state index in [9.17, 15) is 28.8 Å². The molecule has 5 atom stereocenters. The van der Waals surface area contributed by atoms with Crippen LogP contribution in [0.4, 0.5) is 4.79 Å². The largest absolute Gasteiger partial charge is 0.444 e. The van der Waals surface area contributed by atoms with Crippen LogP contribution in [-0.2, 0) is 28.7 Å². The van der Waals surface area contributed by atoms with Gasteiger partial charge in [0.2, 0.25) is 23.5 Å². The lowest BCUT2D eigenvalue weighted by Gasteiger charge is -2.37. The molecule has 5 amide bonds. The highest BCUT2D eigenvalue weighted by atomic mass is 16.6. The van der Waals surface area contributed by atoms with Crippen LogP contribution in [0, 0.1) is 23.2 Å². The number of hydrogen-bond acceptors (Lipinski definition) is 7. The maximum Gasteiger partial charge on any atom is 0.408 e. The molecule has 0 aromatic rings. The first-order valence-corrected chi connectivity index (χ1v) is 17.5. The Morgan fingerprint density at radius 3 is 2.19 bits per heavy atom. The molecule has 3 rings (SSSR count). The fourth-order valence-corrected chi connectivity index (χ4v) is 7.16. The number of fused-ring (bicyclic) bond motifs is 1. The van der Waals surface area contributed by atoms with Gasteiger partial charge in [-0.3, -0.25) is 24.0 Å². The van der Waals surface area contributed by atoms with Gasteiger partial charge in [0.05, 0.1) is 6.04 Å². The van der Waals surface area contributed by atoms with E-state index in [1.807, 2.05) is 20.8 Å². The third-order valence-electron chi connectivity index (χ3n) is 10.3. The molecule has 2 saturated carbocycles. The SMILES string of the molecule is C=CCC[C@@H](NC(=O)[C@@H]1[C@@H]2C(CN1C(=O)[C@@H](NC(=O)OC(C)(C)C)C1CCCCC1)C2(C)C)C(=O)C(=O)NCCC(=O)N(C)C(C)(C)C. The van der Waals surface area contributed by atoms with Gasteiger partial charge in [0.25, 0.3) is 5.91 Å². The average Bonchev–Trinajstić information content (AvgIpc) is 3.31. The van der Waals surface area contributed by atoms with Crippen molar-refractivity contribution in [3.8, 4) is 0 Å². The van der Waals surface area contributed by atoms with Crippen molar-refractivity contribution in [1.82, 2.24) is 25.8 Å². The monoisotopic (exact) mass is 673 g/mol.